The molecule has 0 aliphatic carbocycles. The van der Waals surface area contributed by atoms with Crippen LogP contribution in [0.1, 0.15) is 17.4 Å². The van der Waals surface area contributed by atoms with Gasteiger partial charge in [-0.25, -0.2) is 4.98 Å². The Bertz CT molecular complexity index is 676. The molecule has 0 atom stereocenters. The second-order valence-electron chi connectivity index (χ2n) is 4.44. The van der Waals surface area contributed by atoms with Crippen LogP contribution in [0.25, 0.3) is 10.2 Å². The predicted octanol–water partition coefficient (Wildman–Crippen LogP) is 2.65. The Morgan fingerprint density at radius 2 is 2.00 bits per heavy atom. The predicted molar refractivity (Wildman–Crippen MR) is 78.5 cm³/mol. The number of hydrogen-bond acceptors (Lipinski definition) is 3. The fourth-order valence-corrected chi connectivity index (χ4v) is 3.03. The van der Waals surface area contributed by atoms with Crippen molar-refractivity contribution in [2.24, 2.45) is 0 Å². The molecule has 0 amide bonds. The SMILES string of the molecule is CCc1cc2c([NH2+]Cc3ccccc3)ncnc2s1. The highest BCUT2D eigenvalue weighted by Gasteiger charge is 2.10. The van der Waals surface area contributed by atoms with Gasteiger partial charge in [-0.3, -0.25) is 5.32 Å². The standard InChI is InChI=1S/C15H15N3S/c1-2-12-8-13-14(17-10-18-15(13)19-12)16-9-11-6-4-3-5-7-11/h3-8,10H,2,9H2,1H3,(H,16,17,18)/p+1. The summed E-state index contributed by atoms with van der Waals surface area (Å²) in [4.78, 5) is 11.2. The molecule has 3 rings (SSSR count). The van der Waals surface area contributed by atoms with E-state index in [9.17, 15) is 0 Å². The summed E-state index contributed by atoms with van der Waals surface area (Å²) >= 11 is 1.76. The highest BCUT2D eigenvalue weighted by molar-refractivity contribution is 7.18. The van der Waals surface area contributed by atoms with Crippen LogP contribution in [0.5, 0.6) is 0 Å². The lowest BCUT2D eigenvalue weighted by molar-refractivity contribution is -0.590. The molecule has 19 heavy (non-hydrogen) atoms. The molecule has 0 saturated carbocycles. The van der Waals surface area contributed by atoms with E-state index in [2.05, 4.69) is 52.5 Å². The van der Waals surface area contributed by atoms with Crippen LogP contribution in [0, 0.1) is 0 Å². The Kier molecular flexibility index (Phi) is 3.53. The summed E-state index contributed by atoms with van der Waals surface area (Å²) in [7, 11) is 0. The first-order chi connectivity index (χ1) is 9.36. The Balaban J connectivity index is 1.86. The molecule has 96 valence electrons. The van der Waals surface area contributed by atoms with Crippen molar-refractivity contribution in [2.45, 2.75) is 19.9 Å². The molecule has 4 heteroatoms. The number of quaternary nitrogens is 1. The molecule has 0 saturated heterocycles. The van der Waals surface area contributed by atoms with Crippen molar-refractivity contribution in [1.29, 1.82) is 0 Å². The van der Waals surface area contributed by atoms with Gasteiger partial charge in [0.05, 0.1) is 5.39 Å². The zero-order chi connectivity index (χ0) is 13.1. The Hall–Kier alpha value is -1.78. The molecule has 3 nitrogen and oxygen atoms in total. The summed E-state index contributed by atoms with van der Waals surface area (Å²) in [5.41, 5.74) is 1.31. The molecule has 0 unspecified atom stereocenters. The van der Waals surface area contributed by atoms with Crippen molar-refractivity contribution in [3.8, 4) is 0 Å². The molecule has 0 fully saturated rings. The lowest BCUT2D eigenvalue weighted by Gasteiger charge is -2.00. The van der Waals surface area contributed by atoms with E-state index in [1.165, 1.54) is 15.8 Å². The largest absolute Gasteiger partial charge is 0.293 e. The van der Waals surface area contributed by atoms with Gasteiger partial charge in [-0.1, -0.05) is 37.3 Å². The lowest BCUT2D eigenvalue weighted by Crippen LogP contribution is -2.76. The zero-order valence-electron chi connectivity index (χ0n) is 10.8. The zero-order valence-corrected chi connectivity index (χ0v) is 11.7. The second-order valence-corrected chi connectivity index (χ2v) is 5.55. The molecular weight excluding hydrogens is 254 g/mol. The number of fused-ring (bicyclic) bond motifs is 1. The molecule has 1 aromatic carbocycles. The first-order valence-corrected chi connectivity index (χ1v) is 7.29. The fourth-order valence-electron chi connectivity index (χ4n) is 2.09. The van der Waals surface area contributed by atoms with Gasteiger partial charge in [-0.05, 0) is 12.5 Å². The number of thiophene rings is 1. The molecule has 2 N–H and O–H groups in total. The second kappa shape index (κ2) is 5.47. The van der Waals surface area contributed by atoms with Crippen LogP contribution in [-0.4, -0.2) is 9.97 Å². The van der Waals surface area contributed by atoms with Gasteiger partial charge in [-0.2, -0.15) is 4.98 Å². The number of aromatic nitrogens is 2. The van der Waals surface area contributed by atoms with E-state index in [4.69, 9.17) is 0 Å². The van der Waals surface area contributed by atoms with Gasteiger partial charge in [-0.15, -0.1) is 11.3 Å². The first-order valence-electron chi connectivity index (χ1n) is 6.47. The van der Waals surface area contributed by atoms with Crippen molar-refractivity contribution in [3.05, 3.63) is 53.2 Å². The van der Waals surface area contributed by atoms with Crippen molar-refractivity contribution >= 4 is 27.4 Å². The van der Waals surface area contributed by atoms with Crippen molar-refractivity contribution in [1.82, 2.24) is 9.97 Å². The third-order valence-electron chi connectivity index (χ3n) is 3.13. The fraction of sp³-hybridized carbons (Fsp3) is 0.200. The number of aryl methyl sites for hydroxylation is 1. The number of rotatable bonds is 4. The first kappa shape index (κ1) is 12.3. The minimum atomic E-state index is 0.907. The highest BCUT2D eigenvalue weighted by atomic mass is 32.1. The normalized spacial score (nSPS) is 11.0. The summed E-state index contributed by atoms with van der Waals surface area (Å²) in [6, 6.07) is 12.7. The van der Waals surface area contributed by atoms with Gasteiger partial charge in [0, 0.05) is 10.4 Å². The van der Waals surface area contributed by atoms with E-state index in [1.54, 1.807) is 17.7 Å². The molecular formula is C15H16N3S+. The molecule has 3 aromatic rings. The Labute approximate surface area is 116 Å². The van der Waals surface area contributed by atoms with E-state index >= 15 is 0 Å². The maximum atomic E-state index is 4.41. The molecule has 2 heterocycles. The van der Waals surface area contributed by atoms with Crippen LogP contribution in [0.2, 0.25) is 0 Å². The van der Waals surface area contributed by atoms with Crippen molar-refractivity contribution in [2.75, 3.05) is 0 Å². The van der Waals surface area contributed by atoms with Gasteiger partial charge >= 0.3 is 0 Å². The van der Waals surface area contributed by atoms with E-state index in [1.807, 2.05) is 6.07 Å². The molecule has 0 aliphatic rings. The highest BCUT2D eigenvalue weighted by Crippen LogP contribution is 2.26. The summed E-state index contributed by atoms with van der Waals surface area (Å²) in [6.07, 6.45) is 2.72. The van der Waals surface area contributed by atoms with E-state index in [-0.39, 0.29) is 0 Å². The van der Waals surface area contributed by atoms with Crippen LogP contribution >= 0.6 is 11.3 Å². The summed E-state index contributed by atoms with van der Waals surface area (Å²) in [5.74, 6) is 1.05. The maximum Gasteiger partial charge on any atom is 0.236 e. The van der Waals surface area contributed by atoms with Gasteiger partial charge in [0.25, 0.3) is 0 Å². The van der Waals surface area contributed by atoms with Crippen molar-refractivity contribution in [3.63, 3.8) is 0 Å². The molecule has 0 spiro atoms. The van der Waals surface area contributed by atoms with Gasteiger partial charge in [0.15, 0.2) is 0 Å². The van der Waals surface area contributed by atoms with E-state index < -0.39 is 0 Å². The van der Waals surface area contributed by atoms with Crippen molar-refractivity contribution < 1.29 is 5.32 Å². The van der Waals surface area contributed by atoms with Gasteiger partial charge in [0.1, 0.15) is 17.7 Å². The lowest BCUT2D eigenvalue weighted by atomic mass is 10.2. The summed E-state index contributed by atoms with van der Waals surface area (Å²) in [5, 5.41) is 3.37. The molecule has 2 aromatic heterocycles. The molecule has 0 bridgehead atoms. The van der Waals surface area contributed by atoms with Crippen LogP contribution in [-0.2, 0) is 13.0 Å². The van der Waals surface area contributed by atoms with Crippen LogP contribution in [0.3, 0.4) is 0 Å². The number of benzene rings is 1. The van der Waals surface area contributed by atoms with Crippen LogP contribution in [0.15, 0.2) is 42.7 Å². The topological polar surface area (TPSA) is 42.4 Å². The molecule has 0 radical (unpaired) electrons. The maximum absolute atomic E-state index is 4.41. The number of nitrogens with zero attached hydrogens (tertiary/aromatic N) is 2. The smallest absolute Gasteiger partial charge is 0.236 e. The van der Waals surface area contributed by atoms with Gasteiger partial charge in [0.2, 0.25) is 5.82 Å². The third kappa shape index (κ3) is 2.64. The number of nitrogens with two attached hydrogens (primary N) is 1. The summed E-state index contributed by atoms with van der Waals surface area (Å²) in [6.45, 7) is 3.08. The van der Waals surface area contributed by atoms with Crippen LogP contribution < -0.4 is 5.32 Å². The quantitative estimate of drug-likeness (QED) is 0.792. The minimum Gasteiger partial charge on any atom is -0.293 e. The van der Waals surface area contributed by atoms with E-state index in [0.29, 0.717) is 0 Å². The summed E-state index contributed by atoms with van der Waals surface area (Å²) < 4.78 is 0. The van der Waals surface area contributed by atoms with Gasteiger partial charge < -0.3 is 0 Å². The average molecular weight is 270 g/mol. The van der Waals surface area contributed by atoms with Crippen LogP contribution in [0.4, 0.5) is 5.82 Å². The minimum absolute atomic E-state index is 0.907. The van der Waals surface area contributed by atoms with E-state index in [0.717, 1.165) is 23.6 Å². The Morgan fingerprint density at radius 3 is 2.79 bits per heavy atom. The molecule has 0 aliphatic heterocycles. The number of hydrogen-bond donors (Lipinski definition) is 1. The Morgan fingerprint density at radius 1 is 1.16 bits per heavy atom. The monoisotopic (exact) mass is 270 g/mol. The average Bonchev–Trinajstić information content (AvgIpc) is 2.90. The third-order valence-corrected chi connectivity index (χ3v) is 4.32.